The van der Waals surface area contributed by atoms with Gasteiger partial charge in [-0.2, -0.15) is 0 Å². The number of carbonyl (C=O) groups excluding carboxylic acids is 1. The zero-order valence-electron chi connectivity index (χ0n) is 14.4. The van der Waals surface area contributed by atoms with Crippen LogP contribution < -0.4 is 5.32 Å². The maximum absolute atomic E-state index is 12.1. The van der Waals surface area contributed by atoms with Gasteiger partial charge in [0.2, 0.25) is 5.91 Å². The molecular formula is C19H27N3O. The highest BCUT2D eigenvalue weighted by molar-refractivity contribution is 5.86. The Labute approximate surface area is 138 Å². The number of aromatic nitrogens is 1. The molecular weight excluding hydrogens is 286 g/mol. The number of para-hydroxylation sites is 1. The second-order valence-electron chi connectivity index (χ2n) is 6.79. The highest BCUT2D eigenvalue weighted by atomic mass is 16.2. The lowest BCUT2D eigenvalue weighted by atomic mass is 9.94. The maximum Gasteiger partial charge on any atom is 0.220 e. The molecule has 4 nitrogen and oxygen atoms in total. The van der Waals surface area contributed by atoms with Crippen molar-refractivity contribution in [2.45, 2.75) is 52.1 Å². The van der Waals surface area contributed by atoms with E-state index in [9.17, 15) is 4.79 Å². The molecule has 0 saturated heterocycles. The minimum atomic E-state index is 0.177. The number of amides is 1. The molecule has 124 valence electrons. The molecule has 0 bridgehead atoms. The summed E-state index contributed by atoms with van der Waals surface area (Å²) in [6, 6.07) is 9.16. The normalized spacial score (nSPS) is 17.7. The van der Waals surface area contributed by atoms with Gasteiger partial charge in [0, 0.05) is 36.1 Å². The summed E-state index contributed by atoms with van der Waals surface area (Å²) in [5.74, 6) is 0.177. The Balaban J connectivity index is 1.86. The van der Waals surface area contributed by atoms with Crippen molar-refractivity contribution >= 4 is 16.8 Å². The van der Waals surface area contributed by atoms with Crippen molar-refractivity contribution in [3.05, 3.63) is 35.5 Å². The standard InChI is InChI=1S/C19H27N3O/c1-13(2)20-11-6-9-18-19-16(10-12-22(18)14(3)23)15-7-4-5-8-17(15)21-19/h4-5,7-8,13,18,20-21H,6,9-12H2,1-3H3. The van der Waals surface area contributed by atoms with E-state index >= 15 is 0 Å². The summed E-state index contributed by atoms with van der Waals surface area (Å²) in [5.41, 5.74) is 3.84. The summed E-state index contributed by atoms with van der Waals surface area (Å²) in [6.07, 6.45) is 3.01. The topological polar surface area (TPSA) is 48.1 Å². The molecule has 0 spiro atoms. The molecule has 1 aromatic carbocycles. The number of H-pyrrole nitrogens is 1. The molecule has 2 aromatic rings. The van der Waals surface area contributed by atoms with Gasteiger partial charge in [-0.15, -0.1) is 0 Å². The third-order valence-corrected chi connectivity index (χ3v) is 4.77. The van der Waals surface area contributed by atoms with Crippen LogP contribution in [0.3, 0.4) is 0 Å². The number of rotatable bonds is 5. The first kappa shape index (κ1) is 16.1. The maximum atomic E-state index is 12.1. The van der Waals surface area contributed by atoms with Crippen LogP contribution in [-0.2, 0) is 11.2 Å². The van der Waals surface area contributed by atoms with E-state index in [1.54, 1.807) is 6.92 Å². The van der Waals surface area contributed by atoms with Crippen LogP contribution in [0.25, 0.3) is 10.9 Å². The third kappa shape index (κ3) is 3.27. The van der Waals surface area contributed by atoms with Gasteiger partial charge in [-0.05, 0) is 37.4 Å². The van der Waals surface area contributed by atoms with Crippen molar-refractivity contribution in [3.63, 3.8) is 0 Å². The zero-order valence-corrected chi connectivity index (χ0v) is 14.4. The molecule has 1 aliphatic heterocycles. The molecule has 1 atom stereocenters. The molecule has 3 rings (SSSR count). The van der Waals surface area contributed by atoms with Crippen LogP contribution in [0.2, 0.25) is 0 Å². The predicted molar refractivity (Wildman–Crippen MR) is 94.5 cm³/mol. The summed E-state index contributed by atoms with van der Waals surface area (Å²) in [7, 11) is 0. The number of nitrogens with zero attached hydrogens (tertiary/aromatic N) is 1. The molecule has 2 N–H and O–H groups in total. The second kappa shape index (κ2) is 6.75. The SMILES string of the molecule is CC(=O)N1CCc2c([nH]c3ccccc23)C1CCCNC(C)C. The number of hydrogen-bond donors (Lipinski definition) is 2. The molecule has 1 aromatic heterocycles. The molecule has 4 heteroatoms. The lowest BCUT2D eigenvalue weighted by molar-refractivity contribution is -0.132. The van der Waals surface area contributed by atoms with E-state index in [2.05, 4.69) is 48.4 Å². The van der Waals surface area contributed by atoms with Crippen molar-refractivity contribution in [2.75, 3.05) is 13.1 Å². The molecule has 0 aliphatic carbocycles. The third-order valence-electron chi connectivity index (χ3n) is 4.77. The number of benzene rings is 1. The number of aromatic amines is 1. The molecule has 0 fully saturated rings. The first-order valence-electron chi connectivity index (χ1n) is 8.68. The highest BCUT2D eigenvalue weighted by Crippen LogP contribution is 2.36. The van der Waals surface area contributed by atoms with E-state index in [0.717, 1.165) is 32.4 Å². The van der Waals surface area contributed by atoms with E-state index in [0.29, 0.717) is 6.04 Å². The summed E-state index contributed by atoms with van der Waals surface area (Å²) >= 11 is 0. The summed E-state index contributed by atoms with van der Waals surface area (Å²) in [6.45, 7) is 7.84. The quantitative estimate of drug-likeness (QED) is 0.831. The lowest BCUT2D eigenvalue weighted by Gasteiger charge is -2.35. The Bertz CT molecular complexity index is 689. The Morgan fingerprint density at radius 1 is 1.39 bits per heavy atom. The molecule has 0 saturated carbocycles. The highest BCUT2D eigenvalue weighted by Gasteiger charge is 2.31. The molecule has 1 amide bonds. The molecule has 2 heterocycles. The number of hydrogen-bond acceptors (Lipinski definition) is 2. The Hall–Kier alpha value is -1.81. The van der Waals surface area contributed by atoms with Crippen molar-refractivity contribution in [1.82, 2.24) is 15.2 Å². The van der Waals surface area contributed by atoms with Gasteiger partial charge >= 0.3 is 0 Å². The van der Waals surface area contributed by atoms with Gasteiger partial charge in [0.1, 0.15) is 0 Å². The van der Waals surface area contributed by atoms with Crippen molar-refractivity contribution in [1.29, 1.82) is 0 Å². The van der Waals surface area contributed by atoms with Crippen LogP contribution in [0.15, 0.2) is 24.3 Å². The Morgan fingerprint density at radius 3 is 2.91 bits per heavy atom. The van der Waals surface area contributed by atoms with Crippen LogP contribution in [-0.4, -0.2) is 34.9 Å². The summed E-state index contributed by atoms with van der Waals surface area (Å²) in [5, 5.41) is 4.78. The van der Waals surface area contributed by atoms with E-state index < -0.39 is 0 Å². The van der Waals surface area contributed by atoms with E-state index in [4.69, 9.17) is 0 Å². The van der Waals surface area contributed by atoms with Gasteiger partial charge in [-0.25, -0.2) is 0 Å². The lowest BCUT2D eigenvalue weighted by Crippen LogP contribution is -2.39. The largest absolute Gasteiger partial charge is 0.356 e. The number of nitrogens with one attached hydrogen (secondary N) is 2. The fourth-order valence-electron chi connectivity index (χ4n) is 3.68. The molecule has 23 heavy (non-hydrogen) atoms. The van der Waals surface area contributed by atoms with Crippen molar-refractivity contribution < 1.29 is 4.79 Å². The predicted octanol–water partition coefficient (Wildman–Crippen LogP) is 3.39. The minimum absolute atomic E-state index is 0.177. The average molecular weight is 313 g/mol. The molecule has 1 unspecified atom stereocenters. The smallest absolute Gasteiger partial charge is 0.220 e. The Kier molecular flexibility index (Phi) is 4.71. The second-order valence-corrected chi connectivity index (χ2v) is 6.79. The van der Waals surface area contributed by atoms with Gasteiger partial charge < -0.3 is 15.2 Å². The first-order chi connectivity index (χ1) is 11.1. The van der Waals surface area contributed by atoms with E-state index in [1.807, 2.05) is 4.90 Å². The van der Waals surface area contributed by atoms with Crippen LogP contribution in [0.5, 0.6) is 0 Å². The molecule has 0 radical (unpaired) electrons. The van der Waals surface area contributed by atoms with Gasteiger partial charge in [-0.1, -0.05) is 32.0 Å². The summed E-state index contributed by atoms with van der Waals surface area (Å²) in [4.78, 5) is 17.7. The number of carbonyl (C=O) groups is 1. The minimum Gasteiger partial charge on any atom is -0.356 e. The van der Waals surface area contributed by atoms with Crippen LogP contribution in [0.1, 0.15) is 50.9 Å². The summed E-state index contributed by atoms with van der Waals surface area (Å²) < 4.78 is 0. The first-order valence-corrected chi connectivity index (χ1v) is 8.68. The van der Waals surface area contributed by atoms with Crippen molar-refractivity contribution in [3.8, 4) is 0 Å². The van der Waals surface area contributed by atoms with Crippen LogP contribution in [0.4, 0.5) is 0 Å². The van der Waals surface area contributed by atoms with Gasteiger partial charge in [0.15, 0.2) is 0 Å². The van der Waals surface area contributed by atoms with Gasteiger partial charge in [-0.3, -0.25) is 4.79 Å². The molecule has 1 aliphatic rings. The van der Waals surface area contributed by atoms with Crippen LogP contribution >= 0.6 is 0 Å². The van der Waals surface area contributed by atoms with Gasteiger partial charge in [0.25, 0.3) is 0 Å². The zero-order chi connectivity index (χ0) is 16.4. The monoisotopic (exact) mass is 313 g/mol. The van der Waals surface area contributed by atoms with E-state index in [1.165, 1.54) is 22.2 Å². The fourth-order valence-corrected chi connectivity index (χ4v) is 3.68. The fraction of sp³-hybridized carbons (Fsp3) is 0.526. The Morgan fingerprint density at radius 2 is 2.17 bits per heavy atom. The number of fused-ring (bicyclic) bond motifs is 3. The van der Waals surface area contributed by atoms with E-state index in [-0.39, 0.29) is 11.9 Å². The van der Waals surface area contributed by atoms with Gasteiger partial charge in [0.05, 0.1) is 6.04 Å². The average Bonchev–Trinajstić information content (AvgIpc) is 2.90. The van der Waals surface area contributed by atoms with Crippen LogP contribution in [0, 0.1) is 0 Å². The van der Waals surface area contributed by atoms with Crippen molar-refractivity contribution in [2.24, 2.45) is 0 Å².